The highest BCUT2D eigenvalue weighted by Crippen LogP contribution is 2.42. The first-order chi connectivity index (χ1) is 18.7. The molecule has 1 atom stereocenters. The first-order valence-electron chi connectivity index (χ1n) is 13.5. The maximum Gasteiger partial charge on any atom is 0.336 e. The van der Waals surface area contributed by atoms with E-state index in [1.54, 1.807) is 30.3 Å². The van der Waals surface area contributed by atoms with Crippen molar-refractivity contribution in [3.8, 4) is 17.1 Å². The van der Waals surface area contributed by atoms with E-state index in [-0.39, 0.29) is 24.6 Å². The fourth-order valence-electron chi connectivity index (χ4n) is 4.59. The summed E-state index contributed by atoms with van der Waals surface area (Å²) in [6, 6.07) is 11.7. The summed E-state index contributed by atoms with van der Waals surface area (Å²) in [5.41, 5.74) is 3.15. The van der Waals surface area contributed by atoms with Gasteiger partial charge in [-0.2, -0.15) is 17.6 Å². The van der Waals surface area contributed by atoms with Crippen LogP contribution in [-0.2, 0) is 17.9 Å². The monoisotopic (exact) mass is 553 g/mol. The largest absolute Gasteiger partial charge is 0.478 e. The summed E-state index contributed by atoms with van der Waals surface area (Å²) in [5.74, 6) is -1.04. The minimum absolute atomic E-state index is 0.113. The Hall–Kier alpha value is -3.33. The van der Waals surface area contributed by atoms with Crippen molar-refractivity contribution in [3.05, 3.63) is 70.8 Å². The van der Waals surface area contributed by atoms with E-state index in [9.17, 15) is 14.7 Å². The number of carbonyl (C=O) groups is 2. The molecule has 39 heavy (non-hydrogen) atoms. The van der Waals surface area contributed by atoms with Crippen molar-refractivity contribution in [1.29, 1.82) is 0 Å². The van der Waals surface area contributed by atoms with E-state index in [2.05, 4.69) is 17.9 Å². The van der Waals surface area contributed by atoms with Crippen molar-refractivity contribution >= 4 is 24.5 Å². The molecule has 3 aromatic rings. The molecule has 1 aliphatic carbocycles. The van der Waals surface area contributed by atoms with E-state index in [4.69, 9.17) is 9.72 Å². The van der Waals surface area contributed by atoms with Crippen molar-refractivity contribution in [3.63, 3.8) is 0 Å². The number of carbonyl (C=O) groups excluding carboxylic acids is 1. The smallest absolute Gasteiger partial charge is 0.336 e. The standard InChI is InChI=1S/C30H36FN3O4S/c1-4-13-38-30-33-27(19-9-10-19)25(16-32-28(35)26(39)14-18(2)3)34(30)17-21-12-11-20(15-24(21)31)22-7-5-6-8-23(22)29(36)37/h5-8,11-12,15,18-19,26,39H,4,9-10,13-14,16-17H2,1-3H3,(H,32,35)(H,36,37)/t26-/m0/s1. The zero-order valence-electron chi connectivity index (χ0n) is 22.6. The van der Waals surface area contributed by atoms with Crippen LogP contribution in [-0.4, -0.2) is 38.4 Å². The number of aromatic carboxylic acids is 1. The summed E-state index contributed by atoms with van der Waals surface area (Å²) in [4.78, 5) is 29.2. The molecule has 0 spiro atoms. The number of hydrogen-bond acceptors (Lipinski definition) is 5. The number of imidazole rings is 1. The lowest BCUT2D eigenvalue weighted by Crippen LogP contribution is -2.32. The molecule has 7 nitrogen and oxygen atoms in total. The molecule has 9 heteroatoms. The van der Waals surface area contributed by atoms with E-state index in [0.29, 0.717) is 47.6 Å². The molecule has 2 aromatic carbocycles. The summed E-state index contributed by atoms with van der Waals surface area (Å²) in [7, 11) is 0. The number of rotatable bonds is 13. The SMILES string of the molecule is CCCOc1nc(C2CC2)c(CNC(=O)[C@@H](S)CC(C)C)n1Cc1ccc(-c2ccccc2C(=O)O)cc1F. The molecular formula is C30H36FN3O4S. The number of thiol groups is 1. The fraction of sp³-hybridized carbons (Fsp3) is 0.433. The second-order valence-corrected chi connectivity index (χ2v) is 11.1. The van der Waals surface area contributed by atoms with Crippen LogP contribution >= 0.6 is 12.6 Å². The molecule has 208 valence electrons. The minimum atomic E-state index is -1.07. The number of amides is 1. The second-order valence-electron chi connectivity index (χ2n) is 10.5. The van der Waals surface area contributed by atoms with Crippen LogP contribution in [0, 0.1) is 11.7 Å². The number of nitrogens with one attached hydrogen (secondary N) is 1. The van der Waals surface area contributed by atoms with Crippen molar-refractivity contribution in [1.82, 2.24) is 14.9 Å². The number of carboxylic acid groups (broad SMARTS) is 1. The lowest BCUT2D eigenvalue weighted by Gasteiger charge is -2.17. The molecule has 1 amide bonds. The molecular weight excluding hydrogens is 517 g/mol. The van der Waals surface area contributed by atoms with Crippen molar-refractivity contribution in [2.24, 2.45) is 5.92 Å². The molecule has 2 N–H and O–H groups in total. The van der Waals surface area contributed by atoms with Crippen LogP contribution in [0.5, 0.6) is 6.01 Å². The fourth-order valence-corrected chi connectivity index (χ4v) is 5.11. The average Bonchev–Trinajstić information content (AvgIpc) is 3.69. The highest BCUT2D eigenvalue weighted by molar-refractivity contribution is 7.81. The molecule has 0 saturated heterocycles. The predicted octanol–water partition coefficient (Wildman–Crippen LogP) is 6.06. The third-order valence-corrected chi connectivity index (χ3v) is 7.19. The Bertz CT molecular complexity index is 1340. The van der Waals surface area contributed by atoms with Crippen molar-refractivity contribution < 1.29 is 23.8 Å². The number of hydrogen-bond donors (Lipinski definition) is 3. The maximum absolute atomic E-state index is 15.5. The number of carboxylic acids is 1. The number of ether oxygens (including phenoxy) is 1. The molecule has 1 heterocycles. The molecule has 1 aromatic heterocycles. The first-order valence-corrected chi connectivity index (χ1v) is 14.0. The van der Waals surface area contributed by atoms with Crippen LogP contribution in [0.25, 0.3) is 11.1 Å². The maximum atomic E-state index is 15.5. The van der Waals surface area contributed by atoms with Crippen LogP contribution in [0.2, 0.25) is 0 Å². The summed E-state index contributed by atoms with van der Waals surface area (Å²) >= 11 is 4.47. The highest BCUT2D eigenvalue weighted by atomic mass is 32.1. The first kappa shape index (κ1) is 28.7. The zero-order valence-corrected chi connectivity index (χ0v) is 23.5. The summed E-state index contributed by atoms with van der Waals surface area (Å²) in [5, 5.41) is 12.1. The Balaban J connectivity index is 1.65. The quantitative estimate of drug-likeness (QED) is 0.224. The Labute approximate surface area is 234 Å². The average molecular weight is 554 g/mol. The van der Waals surface area contributed by atoms with Gasteiger partial charge in [-0.05, 0) is 54.9 Å². The number of aromatic nitrogens is 2. The van der Waals surface area contributed by atoms with Crippen LogP contribution in [0.4, 0.5) is 4.39 Å². The third-order valence-electron chi connectivity index (χ3n) is 6.75. The third kappa shape index (κ3) is 7.01. The number of benzene rings is 2. The van der Waals surface area contributed by atoms with Gasteiger partial charge in [-0.1, -0.05) is 51.1 Å². The summed E-state index contributed by atoms with van der Waals surface area (Å²) in [6.07, 6.45) is 3.48. The molecule has 0 unspecified atom stereocenters. The second kappa shape index (κ2) is 12.7. The van der Waals surface area contributed by atoms with Crippen LogP contribution < -0.4 is 10.1 Å². The molecule has 1 saturated carbocycles. The van der Waals surface area contributed by atoms with E-state index in [1.165, 1.54) is 12.1 Å². The molecule has 1 fully saturated rings. The van der Waals surface area contributed by atoms with E-state index in [1.807, 2.05) is 25.3 Å². The van der Waals surface area contributed by atoms with E-state index >= 15 is 4.39 Å². The molecule has 0 aliphatic heterocycles. The molecule has 4 rings (SSSR count). The predicted molar refractivity (Wildman–Crippen MR) is 152 cm³/mol. The van der Waals surface area contributed by atoms with Gasteiger partial charge in [0.05, 0.1) is 41.9 Å². The Morgan fingerprint density at radius 1 is 1.23 bits per heavy atom. The summed E-state index contributed by atoms with van der Waals surface area (Å²) in [6.45, 7) is 6.97. The van der Waals surface area contributed by atoms with Crippen molar-refractivity contribution in [2.75, 3.05) is 6.61 Å². The van der Waals surface area contributed by atoms with Gasteiger partial charge in [0, 0.05) is 11.5 Å². The van der Waals surface area contributed by atoms with Crippen LogP contribution in [0.1, 0.15) is 79.7 Å². The van der Waals surface area contributed by atoms with Gasteiger partial charge in [0.25, 0.3) is 6.01 Å². The number of halogens is 1. The van der Waals surface area contributed by atoms with Gasteiger partial charge in [0.15, 0.2) is 0 Å². The van der Waals surface area contributed by atoms with Gasteiger partial charge >= 0.3 is 5.97 Å². The topological polar surface area (TPSA) is 93.5 Å². The van der Waals surface area contributed by atoms with Crippen LogP contribution in [0.3, 0.4) is 0 Å². The summed E-state index contributed by atoms with van der Waals surface area (Å²) < 4.78 is 23.3. The van der Waals surface area contributed by atoms with Gasteiger partial charge in [-0.25, -0.2) is 9.18 Å². The zero-order chi connectivity index (χ0) is 28.1. The van der Waals surface area contributed by atoms with Crippen molar-refractivity contribution in [2.45, 2.75) is 70.7 Å². The van der Waals surface area contributed by atoms with Gasteiger partial charge in [-0.15, -0.1) is 0 Å². The van der Waals surface area contributed by atoms with Gasteiger partial charge < -0.3 is 15.2 Å². The van der Waals surface area contributed by atoms with E-state index in [0.717, 1.165) is 30.7 Å². The van der Waals surface area contributed by atoms with Gasteiger partial charge in [-0.3, -0.25) is 9.36 Å². The van der Waals surface area contributed by atoms with E-state index < -0.39 is 17.0 Å². The Kier molecular flexibility index (Phi) is 9.32. The lowest BCUT2D eigenvalue weighted by atomic mass is 9.98. The molecule has 0 radical (unpaired) electrons. The lowest BCUT2D eigenvalue weighted by molar-refractivity contribution is -0.121. The Morgan fingerprint density at radius 3 is 2.62 bits per heavy atom. The minimum Gasteiger partial charge on any atom is -0.478 e. The number of nitrogens with zero attached hydrogens (tertiary/aromatic N) is 2. The Morgan fingerprint density at radius 2 is 1.97 bits per heavy atom. The normalized spacial score (nSPS) is 13.9. The molecule has 1 aliphatic rings. The van der Waals surface area contributed by atoms with Gasteiger partial charge in [0.1, 0.15) is 5.82 Å². The molecule has 0 bridgehead atoms. The van der Waals surface area contributed by atoms with Crippen LogP contribution in [0.15, 0.2) is 42.5 Å². The highest BCUT2D eigenvalue weighted by Gasteiger charge is 2.32. The van der Waals surface area contributed by atoms with Gasteiger partial charge in [0.2, 0.25) is 5.91 Å².